The molecule has 1 heterocycles. The number of anilines is 1. The van der Waals surface area contributed by atoms with Gasteiger partial charge in [-0.1, -0.05) is 0 Å². The average molecular weight is 273 g/mol. The lowest BCUT2D eigenvalue weighted by Crippen LogP contribution is -2.27. The van der Waals surface area contributed by atoms with E-state index < -0.39 is 11.7 Å². The summed E-state index contributed by atoms with van der Waals surface area (Å²) in [5, 5.41) is 5.51. The zero-order valence-corrected chi connectivity index (χ0v) is 10.1. The number of carbonyl (C=O) groups excluding carboxylic acids is 1. The third-order valence-corrected chi connectivity index (χ3v) is 2.69. The first-order chi connectivity index (χ1) is 8.95. The number of hydrogen-bond acceptors (Lipinski definition) is 3. The maximum absolute atomic E-state index is 12.4. The summed E-state index contributed by atoms with van der Waals surface area (Å²) in [5.74, 6) is 0.0241. The van der Waals surface area contributed by atoms with Gasteiger partial charge in [0.1, 0.15) is 5.82 Å². The Hall–Kier alpha value is -1.79. The maximum atomic E-state index is 12.4. The van der Waals surface area contributed by atoms with Crippen LogP contribution in [0.25, 0.3) is 0 Å². The molecule has 2 N–H and O–H groups in total. The molecule has 0 aromatic carbocycles. The largest absolute Gasteiger partial charge is 0.416 e. The summed E-state index contributed by atoms with van der Waals surface area (Å²) in [6, 6.07) is 2.13. The van der Waals surface area contributed by atoms with Crippen LogP contribution >= 0.6 is 0 Å². The number of nitrogens with zero attached hydrogens (tertiary/aromatic N) is 1. The number of hydrogen-bond donors (Lipinski definition) is 2. The van der Waals surface area contributed by atoms with Gasteiger partial charge in [-0.15, -0.1) is 0 Å². The molecule has 0 radical (unpaired) electrons. The standard InChI is InChI=1S/C12H14F3N3O/c13-12(14,15)8-3-5-16-10(7-8)17-6-4-11(19)18-9-1-2-9/h3,5,7,9H,1-2,4,6H2,(H,16,17)(H,18,19). The molecule has 4 nitrogen and oxygen atoms in total. The summed E-state index contributed by atoms with van der Waals surface area (Å²) in [5.41, 5.74) is -0.757. The molecule has 1 aromatic heterocycles. The van der Waals surface area contributed by atoms with Crippen LogP contribution in [0.2, 0.25) is 0 Å². The fraction of sp³-hybridized carbons (Fsp3) is 0.500. The lowest BCUT2D eigenvalue weighted by Gasteiger charge is -2.09. The SMILES string of the molecule is O=C(CCNc1cc(C(F)(F)F)ccn1)NC1CC1. The number of nitrogens with one attached hydrogen (secondary N) is 2. The van der Waals surface area contributed by atoms with Crippen LogP contribution in [0.15, 0.2) is 18.3 Å². The number of aromatic nitrogens is 1. The van der Waals surface area contributed by atoms with Crippen LogP contribution in [0.4, 0.5) is 19.0 Å². The minimum Gasteiger partial charge on any atom is -0.370 e. The van der Waals surface area contributed by atoms with Gasteiger partial charge in [-0.3, -0.25) is 4.79 Å². The summed E-state index contributed by atoms with van der Waals surface area (Å²) in [6.07, 6.45) is -1.06. The van der Waals surface area contributed by atoms with E-state index in [9.17, 15) is 18.0 Å². The van der Waals surface area contributed by atoms with Crippen molar-refractivity contribution < 1.29 is 18.0 Å². The van der Waals surface area contributed by atoms with Crippen LogP contribution in [0.1, 0.15) is 24.8 Å². The molecule has 1 saturated carbocycles. The first kappa shape index (κ1) is 13.6. The molecule has 0 bridgehead atoms. The molecule has 0 unspecified atom stereocenters. The van der Waals surface area contributed by atoms with Crippen molar-refractivity contribution in [3.05, 3.63) is 23.9 Å². The molecule has 2 rings (SSSR count). The fourth-order valence-electron chi connectivity index (χ4n) is 1.54. The maximum Gasteiger partial charge on any atom is 0.416 e. The number of rotatable bonds is 5. The molecule has 19 heavy (non-hydrogen) atoms. The summed E-state index contributed by atoms with van der Waals surface area (Å²) < 4.78 is 37.3. The van der Waals surface area contributed by atoms with Crippen LogP contribution in [0.3, 0.4) is 0 Å². The highest BCUT2D eigenvalue weighted by Gasteiger charge is 2.30. The first-order valence-corrected chi connectivity index (χ1v) is 6.01. The molecule has 1 aliphatic carbocycles. The highest BCUT2D eigenvalue weighted by Crippen LogP contribution is 2.29. The second-order valence-corrected chi connectivity index (χ2v) is 4.45. The van der Waals surface area contributed by atoms with E-state index in [1.165, 1.54) is 0 Å². The number of carbonyl (C=O) groups is 1. The topological polar surface area (TPSA) is 54.0 Å². The van der Waals surface area contributed by atoms with Crippen molar-refractivity contribution in [1.82, 2.24) is 10.3 Å². The van der Waals surface area contributed by atoms with E-state index in [-0.39, 0.29) is 24.7 Å². The van der Waals surface area contributed by atoms with Crippen molar-refractivity contribution in [3.8, 4) is 0 Å². The van der Waals surface area contributed by atoms with E-state index in [4.69, 9.17) is 0 Å². The van der Waals surface area contributed by atoms with Gasteiger partial charge in [0.15, 0.2) is 0 Å². The Kier molecular flexibility index (Phi) is 3.92. The van der Waals surface area contributed by atoms with E-state index in [1.54, 1.807) is 0 Å². The Morgan fingerprint density at radius 3 is 2.79 bits per heavy atom. The molecule has 1 aliphatic rings. The minimum absolute atomic E-state index is 0.0954. The monoisotopic (exact) mass is 273 g/mol. The Morgan fingerprint density at radius 1 is 1.42 bits per heavy atom. The zero-order chi connectivity index (χ0) is 13.9. The summed E-state index contributed by atoms with van der Waals surface area (Å²) in [6.45, 7) is 0.257. The van der Waals surface area contributed by atoms with Crippen molar-refractivity contribution in [2.24, 2.45) is 0 Å². The highest BCUT2D eigenvalue weighted by atomic mass is 19.4. The number of pyridine rings is 1. The molecule has 104 valence electrons. The predicted molar refractivity (Wildman–Crippen MR) is 63.5 cm³/mol. The summed E-state index contributed by atoms with van der Waals surface area (Å²) in [4.78, 5) is 15.1. The van der Waals surface area contributed by atoms with Gasteiger partial charge in [-0.25, -0.2) is 4.98 Å². The summed E-state index contributed by atoms with van der Waals surface area (Å²) >= 11 is 0. The molecule has 7 heteroatoms. The molecule has 1 amide bonds. The van der Waals surface area contributed by atoms with Gasteiger partial charge < -0.3 is 10.6 Å². The minimum atomic E-state index is -4.39. The van der Waals surface area contributed by atoms with Crippen LogP contribution in [0.5, 0.6) is 0 Å². The van der Waals surface area contributed by atoms with Gasteiger partial charge >= 0.3 is 6.18 Å². The molecule has 1 fully saturated rings. The number of amides is 1. The number of halogens is 3. The van der Waals surface area contributed by atoms with Crippen LogP contribution in [0, 0.1) is 0 Å². The second-order valence-electron chi connectivity index (χ2n) is 4.45. The van der Waals surface area contributed by atoms with E-state index in [0.717, 1.165) is 31.2 Å². The molecular formula is C12H14F3N3O. The molecular weight excluding hydrogens is 259 g/mol. The zero-order valence-electron chi connectivity index (χ0n) is 10.1. The van der Waals surface area contributed by atoms with Gasteiger partial charge in [-0.2, -0.15) is 13.2 Å². The van der Waals surface area contributed by atoms with Crippen molar-refractivity contribution in [1.29, 1.82) is 0 Å². The van der Waals surface area contributed by atoms with E-state index in [1.807, 2.05) is 0 Å². The Labute approximate surface area is 108 Å². The van der Waals surface area contributed by atoms with Gasteiger partial charge in [0, 0.05) is 25.2 Å². The van der Waals surface area contributed by atoms with Gasteiger partial charge in [0.05, 0.1) is 5.56 Å². The van der Waals surface area contributed by atoms with Crippen LogP contribution in [-0.4, -0.2) is 23.5 Å². The lowest BCUT2D eigenvalue weighted by atomic mass is 10.2. The Morgan fingerprint density at radius 2 is 2.16 bits per heavy atom. The van der Waals surface area contributed by atoms with Crippen molar-refractivity contribution in [2.45, 2.75) is 31.5 Å². The van der Waals surface area contributed by atoms with Gasteiger partial charge in [-0.05, 0) is 25.0 Å². The van der Waals surface area contributed by atoms with E-state index >= 15 is 0 Å². The smallest absolute Gasteiger partial charge is 0.370 e. The van der Waals surface area contributed by atoms with Gasteiger partial charge in [0.25, 0.3) is 0 Å². The molecule has 0 aliphatic heterocycles. The van der Waals surface area contributed by atoms with Crippen LogP contribution in [-0.2, 0) is 11.0 Å². The Bertz CT molecular complexity index is 458. The number of alkyl halides is 3. The van der Waals surface area contributed by atoms with Crippen LogP contribution < -0.4 is 10.6 Å². The van der Waals surface area contributed by atoms with E-state index in [0.29, 0.717) is 6.04 Å². The van der Waals surface area contributed by atoms with E-state index in [2.05, 4.69) is 15.6 Å². The fourth-order valence-corrected chi connectivity index (χ4v) is 1.54. The third kappa shape index (κ3) is 4.42. The molecule has 0 saturated heterocycles. The van der Waals surface area contributed by atoms with Crippen molar-refractivity contribution >= 4 is 11.7 Å². The normalized spacial score (nSPS) is 15.1. The third-order valence-electron chi connectivity index (χ3n) is 2.69. The molecule has 0 atom stereocenters. The second kappa shape index (κ2) is 5.46. The lowest BCUT2D eigenvalue weighted by molar-refractivity contribution is -0.137. The van der Waals surface area contributed by atoms with Gasteiger partial charge in [0.2, 0.25) is 5.91 Å². The summed E-state index contributed by atoms with van der Waals surface area (Å²) in [7, 11) is 0. The quantitative estimate of drug-likeness (QED) is 0.864. The predicted octanol–water partition coefficient (Wildman–Crippen LogP) is 2.18. The highest BCUT2D eigenvalue weighted by molar-refractivity contribution is 5.77. The van der Waals surface area contributed by atoms with Crippen molar-refractivity contribution in [2.75, 3.05) is 11.9 Å². The Balaban J connectivity index is 1.80. The molecule has 1 aromatic rings. The molecule has 0 spiro atoms. The van der Waals surface area contributed by atoms with Crippen molar-refractivity contribution in [3.63, 3.8) is 0 Å². The average Bonchev–Trinajstić information content (AvgIpc) is 3.12. The first-order valence-electron chi connectivity index (χ1n) is 6.01.